The molecule has 4 heteroatoms. The van der Waals surface area contributed by atoms with E-state index in [1.54, 1.807) is 0 Å². The third-order valence-corrected chi connectivity index (χ3v) is 4.35. The summed E-state index contributed by atoms with van der Waals surface area (Å²) in [6.45, 7) is 3.16. The summed E-state index contributed by atoms with van der Waals surface area (Å²) in [6, 6.07) is 10.5. The Kier molecular flexibility index (Phi) is 4.21. The van der Waals surface area contributed by atoms with E-state index in [1.165, 1.54) is 12.8 Å². The first-order valence-electron chi connectivity index (χ1n) is 7.52. The van der Waals surface area contributed by atoms with Gasteiger partial charge in [-0.1, -0.05) is 30.3 Å². The highest BCUT2D eigenvalue weighted by atomic mass is 16.6. The molecule has 0 aliphatic carbocycles. The maximum Gasteiger partial charge on any atom is 0.410 e. The lowest BCUT2D eigenvalue weighted by molar-refractivity contribution is 0.0679. The normalized spacial score (nSPS) is 25.9. The monoisotopic (exact) mass is 274 g/mol. The molecule has 2 aliphatic heterocycles. The molecule has 1 aromatic rings. The highest BCUT2D eigenvalue weighted by molar-refractivity contribution is 5.67. The van der Waals surface area contributed by atoms with Crippen molar-refractivity contribution in [3.05, 3.63) is 35.9 Å². The number of rotatable bonds is 3. The number of carbonyl (C=O) groups is 1. The fourth-order valence-electron chi connectivity index (χ4n) is 3.03. The molecule has 3 rings (SSSR count). The summed E-state index contributed by atoms with van der Waals surface area (Å²) < 4.78 is 5.41. The quantitative estimate of drug-likeness (QED) is 0.920. The number of nitrogens with one attached hydrogen (secondary N) is 1. The molecule has 0 aromatic heterocycles. The van der Waals surface area contributed by atoms with Crippen LogP contribution in [0.5, 0.6) is 0 Å². The van der Waals surface area contributed by atoms with Gasteiger partial charge in [0.1, 0.15) is 6.61 Å². The van der Waals surface area contributed by atoms with Crippen molar-refractivity contribution in [1.82, 2.24) is 10.2 Å². The number of amides is 1. The van der Waals surface area contributed by atoms with E-state index in [9.17, 15) is 4.79 Å². The molecule has 20 heavy (non-hydrogen) atoms. The van der Waals surface area contributed by atoms with E-state index in [1.807, 2.05) is 35.2 Å². The van der Waals surface area contributed by atoms with Crippen molar-refractivity contribution in [2.24, 2.45) is 5.92 Å². The zero-order chi connectivity index (χ0) is 13.8. The van der Waals surface area contributed by atoms with Crippen molar-refractivity contribution >= 4 is 6.09 Å². The molecule has 2 saturated heterocycles. The van der Waals surface area contributed by atoms with E-state index in [0.29, 0.717) is 18.6 Å². The van der Waals surface area contributed by atoms with Gasteiger partial charge in [-0.25, -0.2) is 4.79 Å². The summed E-state index contributed by atoms with van der Waals surface area (Å²) >= 11 is 0. The van der Waals surface area contributed by atoms with Crippen molar-refractivity contribution in [3.8, 4) is 0 Å². The first-order chi connectivity index (χ1) is 9.83. The van der Waals surface area contributed by atoms with Crippen molar-refractivity contribution in [1.29, 1.82) is 0 Å². The predicted octanol–water partition coefficient (Wildman–Crippen LogP) is 2.40. The third kappa shape index (κ3) is 3.12. The Labute approximate surface area is 120 Å². The van der Waals surface area contributed by atoms with Gasteiger partial charge in [0, 0.05) is 19.1 Å². The SMILES string of the molecule is O=C(OCc1ccccc1)N1CCCC([C@H]2CCN2)C1. The Balaban J connectivity index is 1.49. The Bertz CT molecular complexity index is 445. The van der Waals surface area contributed by atoms with Crippen molar-refractivity contribution in [3.63, 3.8) is 0 Å². The molecule has 0 radical (unpaired) electrons. The Hall–Kier alpha value is -1.55. The second-order valence-electron chi connectivity index (χ2n) is 5.74. The molecular formula is C16H22N2O2. The standard InChI is InChI=1S/C16H22N2O2/c19-16(20-12-13-5-2-1-3-6-13)18-10-4-7-14(11-18)15-8-9-17-15/h1-3,5-6,14-15,17H,4,7-12H2/t14?,15-/m1/s1. The minimum absolute atomic E-state index is 0.169. The van der Waals surface area contributed by atoms with E-state index in [-0.39, 0.29) is 6.09 Å². The fourth-order valence-corrected chi connectivity index (χ4v) is 3.03. The van der Waals surface area contributed by atoms with Crippen LogP contribution in [0.1, 0.15) is 24.8 Å². The van der Waals surface area contributed by atoms with Crippen LogP contribution in [0.25, 0.3) is 0 Å². The molecule has 1 N–H and O–H groups in total. The van der Waals surface area contributed by atoms with Crippen LogP contribution in [0.15, 0.2) is 30.3 Å². The van der Waals surface area contributed by atoms with Crippen molar-refractivity contribution < 1.29 is 9.53 Å². The van der Waals surface area contributed by atoms with E-state index in [0.717, 1.165) is 31.6 Å². The molecule has 1 aromatic carbocycles. The minimum atomic E-state index is -0.169. The smallest absolute Gasteiger partial charge is 0.410 e. The predicted molar refractivity (Wildman–Crippen MR) is 77.3 cm³/mol. The number of piperidine rings is 1. The second-order valence-corrected chi connectivity index (χ2v) is 5.74. The van der Waals surface area contributed by atoms with Crippen molar-refractivity contribution in [2.75, 3.05) is 19.6 Å². The molecule has 108 valence electrons. The van der Waals surface area contributed by atoms with Gasteiger partial charge in [-0.2, -0.15) is 0 Å². The summed E-state index contributed by atoms with van der Waals surface area (Å²) in [7, 11) is 0. The van der Waals surface area contributed by atoms with Crippen LogP contribution in [-0.2, 0) is 11.3 Å². The lowest BCUT2D eigenvalue weighted by Crippen LogP contribution is -2.53. The van der Waals surface area contributed by atoms with Crippen LogP contribution >= 0.6 is 0 Å². The topological polar surface area (TPSA) is 41.6 Å². The summed E-state index contributed by atoms with van der Waals surface area (Å²) in [6.07, 6.45) is 3.39. The molecule has 2 atom stereocenters. The Morgan fingerprint density at radius 1 is 1.30 bits per heavy atom. The van der Waals surface area contributed by atoms with Crippen LogP contribution in [0.4, 0.5) is 4.79 Å². The van der Waals surface area contributed by atoms with Gasteiger partial charge in [-0.3, -0.25) is 0 Å². The van der Waals surface area contributed by atoms with Crippen LogP contribution in [-0.4, -0.2) is 36.7 Å². The van der Waals surface area contributed by atoms with Crippen LogP contribution in [0.2, 0.25) is 0 Å². The third-order valence-electron chi connectivity index (χ3n) is 4.35. The van der Waals surface area contributed by atoms with Gasteiger partial charge in [0.15, 0.2) is 0 Å². The molecule has 0 bridgehead atoms. The zero-order valence-electron chi connectivity index (χ0n) is 11.8. The molecule has 2 heterocycles. The average molecular weight is 274 g/mol. The Morgan fingerprint density at radius 2 is 2.10 bits per heavy atom. The number of benzene rings is 1. The van der Waals surface area contributed by atoms with Gasteiger partial charge < -0.3 is 15.0 Å². The highest BCUT2D eigenvalue weighted by Gasteiger charge is 2.32. The largest absolute Gasteiger partial charge is 0.445 e. The molecular weight excluding hydrogens is 252 g/mol. The van der Waals surface area contributed by atoms with E-state index in [4.69, 9.17) is 4.74 Å². The first-order valence-corrected chi connectivity index (χ1v) is 7.52. The van der Waals surface area contributed by atoms with Crippen LogP contribution in [0, 0.1) is 5.92 Å². The molecule has 4 nitrogen and oxygen atoms in total. The summed E-state index contributed by atoms with van der Waals surface area (Å²) in [5.74, 6) is 0.599. The summed E-state index contributed by atoms with van der Waals surface area (Å²) in [4.78, 5) is 14.0. The minimum Gasteiger partial charge on any atom is -0.445 e. The van der Waals surface area contributed by atoms with Gasteiger partial charge in [-0.15, -0.1) is 0 Å². The van der Waals surface area contributed by atoms with Gasteiger partial charge in [0.2, 0.25) is 0 Å². The van der Waals surface area contributed by atoms with E-state index < -0.39 is 0 Å². The fraction of sp³-hybridized carbons (Fsp3) is 0.562. The van der Waals surface area contributed by atoms with E-state index in [2.05, 4.69) is 5.32 Å². The average Bonchev–Trinajstić information content (AvgIpc) is 2.44. The maximum atomic E-state index is 12.1. The number of hydrogen-bond donors (Lipinski definition) is 1. The first kappa shape index (κ1) is 13.4. The van der Waals surface area contributed by atoms with Crippen molar-refractivity contribution in [2.45, 2.75) is 31.9 Å². The maximum absolute atomic E-state index is 12.1. The molecule has 0 spiro atoms. The molecule has 2 fully saturated rings. The van der Waals surface area contributed by atoms with Gasteiger partial charge >= 0.3 is 6.09 Å². The molecule has 1 unspecified atom stereocenters. The molecule has 2 aliphatic rings. The number of ether oxygens (including phenoxy) is 1. The van der Waals surface area contributed by atoms with Gasteiger partial charge in [0.25, 0.3) is 0 Å². The molecule has 1 amide bonds. The van der Waals surface area contributed by atoms with Gasteiger partial charge in [0.05, 0.1) is 0 Å². The highest BCUT2D eigenvalue weighted by Crippen LogP contribution is 2.25. The lowest BCUT2D eigenvalue weighted by Gasteiger charge is -2.40. The zero-order valence-corrected chi connectivity index (χ0v) is 11.8. The van der Waals surface area contributed by atoms with Crippen LogP contribution in [0.3, 0.4) is 0 Å². The Morgan fingerprint density at radius 3 is 2.80 bits per heavy atom. The van der Waals surface area contributed by atoms with Gasteiger partial charge in [-0.05, 0) is 37.3 Å². The lowest BCUT2D eigenvalue weighted by atomic mass is 9.85. The summed E-state index contributed by atoms with van der Waals surface area (Å²) in [5, 5.41) is 3.45. The number of hydrogen-bond acceptors (Lipinski definition) is 3. The molecule has 0 saturated carbocycles. The number of likely N-dealkylation sites (tertiary alicyclic amines) is 1. The van der Waals surface area contributed by atoms with Crippen LogP contribution < -0.4 is 5.32 Å². The summed E-state index contributed by atoms with van der Waals surface area (Å²) in [5.41, 5.74) is 1.04. The second kappa shape index (κ2) is 6.27. The number of carbonyl (C=O) groups excluding carboxylic acids is 1. The van der Waals surface area contributed by atoms with E-state index >= 15 is 0 Å². The number of nitrogens with zero attached hydrogens (tertiary/aromatic N) is 1.